The van der Waals surface area contributed by atoms with Gasteiger partial charge in [-0.3, -0.25) is 9.59 Å². The Morgan fingerprint density at radius 1 is 0.685 bits per heavy atom. The van der Waals surface area contributed by atoms with Crippen LogP contribution in [0.2, 0.25) is 0 Å². The molecule has 0 aromatic heterocycles. The van der Waals surface area contributed by atoms with Crippen molar-refractivity contribution < 1.29 is 56.1 Å². The van der Waals surface area contributed by atoms with E-state index in [9.17, 15) is 28.0 Å². The molecule has 3 aliphatic heterocycles. The van der Waals surface area contributed by atoms with Crippen molar-refractivity contribution in [2.45, 2.75) is 173 Å². The lowest BCUT2D eigenvalue weighted by atomic mass is 9.43. The fraction of sp³-hybridized carbons (Fsp3) is 0.636. The van der Waals surface area contributed by atoms with Crippen LogP contribution in [0.3, 0.4) is 0 Å². The Kier molecular flexibility index (Phi) is 17.0. The van der Waals surface area contributed by atoms with Gasteiger partial charge in [0.05, 0.1) is 41.8 Å². The van der Waals surface area contributed by atoms with Gasteiger partial charge in [0.25, 0.3) is 0 Å². The molecule has 18 heteroatoms. The summed E-state index contributed by atoms with van der Waals surface area (Å²) in [6.07, 6.45) is 12.8. The van der Waals surface area contributed by atoms with Gasteiger partial charge in [-0.1, -0.05) is 71.5 Å². The Bertz CT molecular complexity index is 2330. The fourth-order valence-corrected chi connectivity index (χ4v) is 13.5. The zero-order valence-corrected chi connectivity index (χ0v) is 44.1. The fourth-order valence-electron chi connectivity index (χ4n) is 13.5. The van der Waals surface area contributed by atoms with Gasteiger partial charge in [0, 0.05) is 6.54 Å². The summed E-state index contributed by atoms with van der Waals surface area (Å²) in [5.41, 5.74) is 1.48. The highest BCUT2D eigenvalue weighted by Crippen LogP contribution is 2.67. The Morgan fingerprint density at radius 3 is 1.52 bits per heavy atom. The highest BCUT2D eigenvalue weighted by atomic mass is 35.5. The number of nitrogens with zero attached hydrogens (tertiary/aromatic N) is 1. The molecule has 2 aromatic carbocycles. The normalized spacial score (nSPS) is 31.9. The van der Waals surface area contributed by atoms with E-state index >= 15 is 0 Å². The van der Waals surface area contributed by atoms with Gasteiger partial charge in [-0.05, 0) is 185 Å². The summed E-state index contributed by atoms with van der Waals surface area (Å²) in [7, 11) is -1.19. The van der Waals surface area contributed by atoms with E-state index in [1.165, 1.54) is 43.2 Å². The number of carbonyl (C=O) groups excluding carboxylic acids is 4. The van der Waals surface area contributed by atoms with Gasteiger partial charge in [-0.2, -0.15) is 0 Å². The van der Waals surface area contributed by atoms with Crippen molar-refractivity contribution in [1.82, 2.24) is 15.5 Å². The molecule has 4 bridgehead atoms. The number of benzene rings is 2. The van der Waals surface area contributed by atoms with E-state index in [2.05, 4.69) is 65.3 Å². The third-order valence-electron chi connectivity index (χ3n) is 18.1. The third kappa shape index (κ3) is 12.1. The lowest BCUT2D eigenvalue weighted by Crippen LogP contribution is -2.65. The molecular formula is C55H74B2ClF2N3O10. The minimum atomic E-state index is -0.641. The van der Waals surface area contributed by atoms with Crippen LogP contribution in [0.25, 0.3) is 0 Å². The summed E-state index contributed by atoms with van der Waals surface area (Å²) in [5, 5.41) is 5.51. The van der Waals surface area contributed by atoms with Crippen molar-refractivity contribution in [3.63, 3.8) is 0 Å². The first-order valence-electron chi connectivity index (χ1n) is 26.5. The largest absolute Gasteiger partial charge is 0.482 e. The zero-order chi connectivity index (χ0) is 52.5. The van der Waals surface area contributed by atoms with Crippen molar-refractivity contribution in [3.8, 4) is 0 Å². The molecule has 11 atom stereocenters. The molecule has 13 nitrogen and oxygen atoms in total. The summed E-state index contributed by atoms with van der Waals surface area (Å²) in [5.74, 6) is 0.451. The molecule has 3 heterocycles. The highest BCUT2D eigenvalue weighted by Gasteiger charge is 2.70. The van der Waals surface area contributed by atoms with E-state index in [1.807, 2.05) is 0 Å². The minimum Gasteiger partial charge on any atom is -0.446 e. The second kappa shape index (κ2) is 22.5. The Hall–Kier alpha value is -4.28. The molecule has 10 fully saturated rings. The summed E-state index contributed by atoms with van der Waals surface area (Å²) >= 11 is 4.71. The average Bonchev–Trinajstić information content (AvgIpc) is 3.92. The van der Waals surface area contributed by atoms with Gasteiger partial charge in [-0.15, -0.1) is 0 Å². The van der Waals surface area contributed by atoms with Crippen molar-refractivity contribution in [2.24, 2.45) is 34.5 Å². The number of rotatable bonds is 12. The number of likely N-dealkylation sites (tertiary alicyclic amines) is 1. The van der Waals surface area contributed by atoms with Gasteiger partial charge in [-0.25, -0.2) is 18.4 Å². The van der Waals surface area contributed by atoms with Crippen molar-refractivity contribution >= 4 is 49.2 Å². The second-order valence-electron chi connectivity index (χ2n) is 23.2. The molecule has 7 aliphatic carbocycles. The smallest absolute Gasteiger partial charge is 0.446 e. The molecule has 73 heavy (non-hydrogen) atoms. The van der Waals surface area contributed by atoms with Gasteiger partial charge in [0.15, 0.2) is 0 Å². The molecule has 0 spiro atoms. The molecule has 0 unspecified atom stereocenters. The van der Waals surface area contributed by atoms with Crippen molar-refractivity contribution in [2.75, 3.05) is 13.1 Å². The van der Waals surface area contributed by atoms with Crippen molar-refractivity contribution in [1.29, 1.82) is 0 Å². The molecule has 3 amide bonds. The van der Waals surface area contributed by atoms with E-state index in [0.29, 0.717) is 56.0 Å². The molecule has 0 radical (unpaired) electrons. The Labute approximate surface area is 435 Å². The van der Waals surface area contributed by atoms with Gasteiger partial charge in [0.1, 0.15) is 23.8 Å². The number of piperidine rings is 1. The number of alkyl carbamates (subject to hydrolysis) is 2. The number of hydrogen-bond donors (Lipinski definition) is 2. The topological polar surface area (TPSA) is 151 Å². The summed E-state index contributed by atoms with van der Waals surface area (Å²) in [6, 6.07) is 12.6. The predicted molar refractivity (Wildman–Crippen MR) is 275 cm³/mol. The number of amides is 3. The third-order valence-corrected chi connectivity index (χ3v) is 18.2. The van der Waals surface area contributed by atoms with Gasteiger partial charge < -0.3 is 43.6 Å². The first kappa shape index (κ1) is 55.0. The quantitative estimate of drug-likeness (QED) is 0.120. The van der Waals surface area contributed by atoms with Crippen LogP contribution in [0.5, 0.6) is 0 Å². The van der Waals surface area contributed by atoms with Crippen LogP contribution in [0.1, 0.15) is 123 Å². The van der Waals surface area contributed by atoms with E-state index in [4.69, 9.17) is 39.7 Å². The second-order valence-corrected chi connectivity index (χ2v) is 23.5. The SMILES string of the molecule is C=CC(=O)Cl.C=CC(=O)N1CCC[C@H](OC(=O)N[C@@H](Cc2ccc(F)cc2)B2O[C@@H]3C[C@@H]4C[C@@H](C4(C)C)[C@]3(C)O2)C1.CC1(C)[C@@H]2C[C@H]3OB([C@H](Cc4ccc(F)cc4)NC(=O)OC4CCCCC4)O[C@@]3(C)[C@H]1C2. The summed E-state index contributed by atoms with van der Waals surface area (Å²) < 4.78 is 64.5. The van der Waals surface area contributed by atoms with Crippen LogP contribution in [-0.4, -0.2) is 103 Å². The maximum Gasteiger partial charge on any atom is 0.482 e. The molecule has 10 aliphatic rings. The van der Waals surface area contributed by atoms with E-state index in [1.54, 1.807) is 29.2 Å². The lowest BCUT2D eigenvalue weighted by Gasteiger charge is -2.64. The van der Waals surface area contributed by atoms with E-state index in [-0.39, 0.29) is 52.3 Å². The molecule has 12 rings (SSSR count). The van der Waals surface area contributed by atoms with E-state index < -0.39 is 55.3 Å². The van der Waals surface area contributed by atoms with Crippen LogP contribution in [-0.2, 0) is 50.5 Å². The lowest BCUT2D eigenvalue weighted by molar-refractivity contribution is -0.199. The van der Waals surface area contributed by atoms with Crippen LogP contribution in [0.4, 0.5) is 18.4 Å². The number of nitrogens with one attached hydrogen (secondary N) is 2. The minimum absolute atomic E-state index is 0.0197. The van der Waals surface area contributed by atoms with E-state index in [0.717, 1.165) is 68.6 Å². The molecule has 2 aromatic rings. The maximum atomic E-state index is 13.5. The summed E-state index contributed by atoms with van der Waals surface area (Å²) in [6.45, 7) is 21.2. The average molecular weight is 1030 g/mol. The van der Waals surface area contributed by atoms with Crippen molar-refractivity contribution in [3.05, 3.63) is 96.6 Å². The highest BCUT2D eigenvalue weighted by molar-refractivity contribution is 6.66. The van der Waals surface area contributed by atoms with Crippen LogP contribution in [0.15, 0.2) is 73.8 Å². The van der Waals surface area contributed by atoms with Gasteiger partial charge >= 0.3 is 26.4 Å². The first-order valence-corrected chi connectivity index (χ1v) is 26.8. The first-order chi connectivity index (χ1) is 34.6. The number of halogens is 3. The molecule has 2 N–H and O–H groups in total. The number of carbonyl (C=O) groups is 4. The Morgan fingerprint density at radius 2 is 1.11 bits per heavy atom. The maximum absolute atomic E-state index is 13.5. The molecule has 396 valence electrons. The number of hydrogen-bond acceptors (Lipinski definition) is 10. The Balaban J connectivity index is 0.000000179. The number of ether oxygens (including phenoxy) is 2. The molecule has 7 saturated carbocycles. The zero-order valence-electron chi connectivity index (χ0n) is 43.4. The van der Waals surface area contributed by atoms with Crippen LogP contribution >= 0.6 is 11.6 Å². The van der Waals surface area contributed by atoms with Crippen LogP contribution < -0.4 is 10.6 Å². The molecular weight excluding hydrogens is 958 g/mol. The number of allylic oxidation sites excluding steroid dienone is 1. The summed E-state index contributed by atoms with van der Waals surface area (Å²) in [4.78, 5) is 48.9. The predicted octanol–water partition coefficient (Wildman–Crippen LogP) is 9.91. The standard InChI is InChI=1S/C27H36BFN2O5.C25H35BFNO4.C3H3ClO/c1-5-24(32)31-12-6-7-20(16-31)34-25(33)30-23(13-17-8-10-19(29)11-9-17)28-35-22-15-18-14-21(26(18,2)3)27(22,4)36-28;1-24(2)17-14-20(24)25(3)21(15-17)31-26(32-25)22(13-16-9-11-18(27)12-10-16)28-23(29)30-19-7-5-4-6-8-19;1-2-3(4)5/h5,8-11,18,20-23H,1,6-7,12-16H2,2-4H3,(H,30,33);9-12,17,19-22H,4-8,13-15H2,1-3H3,(H,28,29);2H,1H2/t18-,20-,21-,22+,23-,27-;17-,20-,21+,22-,25-;/m00./s1. The van der Waals surface area contributed by atoms with Gasteiger partial charge in [0.2, 0.25) is 11.1 Å². The molecule has 3 saturated heterocycles. The van der Waals surface area contributed by atoms with Crippen LogP contribution in [0, 0.1) is 46.1 Å². The monoisotopic (exact) mass is 1030 g/mol.